The Bertz CT molecular complexity index is 1040. The van der Waals surface area contributed by atoms with Gasteiger partial charge in [-0.05, 0) is 55.2 Å². The fraction of sp³-hybridized carbons (Fsp3) is 0.381. The summed E-state index contributed by atoms with van der Waals surface area (Å²) in [4.78, 5) is 12.7. The van der Waals surface area contributed by atoms with Crippen LogP contribution in [0.5, 0.6) is 0 Å². The Labute approximate surface area is 169 Å². The van der Waals surface area contributed by atoms with Crippen LogP contribution < -0.4 is 0 Å². The van der Waals surface area contributed by atoms with Gasteiger partial charge in [0.25, 0.3) is 0 Å². The monoisotopic (exact) mass is 401 g/mol. The smallest absolute Gasteiger partial charge is 0.312 e. The van der Waals surface area contributed by atoms with Crippen molar-refractivity contribution in [2.45, 2.75) is 33.3 Å². The van der Waals surface area contributed by atoms with Gasteiger partial charge in [0.2, 0.25) is 0 Å². The minimum absolute atomic E-state index is 0.180. The van der Waals surface area contributed by atoms with E-state index >= 15 is 0 Å². The molecular formula is C21H24ClN3O3. The summed E-state index contributed by atoms with van der Waals surface area (Å²) in [6.45, 7) is 5.52. The van der Waals surface area contributed by atoms with Gasteiger partial charge in [-0.25, -0.2) is 4.68 Å². The highest BCUT2D eigenvalue weighted by Crippen LogP contribution is 2.44. The largest absolute Gasteiger partial charge is 0.469 e. The van der Waals surface area contributed by atoms with E-state index in [-0.39, 0.29) is 18.5 Å². The highest BCUT2D eigenvalue weighted by atomic mass is 35.5. The third-order valence-corrected chi connectivity index (χ3v) is 5.77. The van der Waals surface area contributed by atoms with Gasteiger partial charge in [-0.2, -0.15) is 0 Å². The molecule has 0 aliphatic carbocycles. The fourth-order valence-corrected chi connectivity index (χ4v) is 4.00. The number of aliphatic hydroxyl groups excluding tert-OH is 1. The van der Waals surface area contributed by atoms with Gasteiger partial charge in [-0.3, -0.25) is 4.79 Å². The van der Waals surface area contributed by atoms with Crippen LogP contribution in [0.1, 0.15) is 42.0 Å². The van der Waals surface area contributed by atoms with Crippen molar-refractivity contribution in [3.05, 3.63) is 57.6 Å². The lowest BCUT2D eigenvalue weighted by molar-refractivity contribution is -0.151. The van der Waals surface area contributed by atoms with Crippen LogP contribution in [0.25, 0.3) is 11.0 Å². The molecular weight excluding hydrogens is 378 g/mol. The van der Waals surface area contributed by atoms with Crippen molar-refractivity contribution >= 4 is 28.6 Å². The Hall–Kier alpha value is -2.44. The zero-order chi connectivity index (χ0) is 20.6. The Morgan fingerprint density at radius 3 is 2.68 bits per heavy atom. The number of nitrogens with zero attached hydrogens (tertiary/aromatic N) is 3. The molecule has 7 heteroatoms. The van der Waals surface area contributed by atoms with Crippen molar-refractivity contribution in [2.75, 3.05) is 7.11 Å². The molecule has 0 aliphatic rings. The minimum atomic E-state index is -0.865. The van der Waals surface area contributed by atoms with Gasteiger partial charge >= 0.3 is 5.97 Å². The molecule has 148 valence electrons. The first kappa shape index (κ1) is 20.3. The highest BCUT2D eigenvalue weighted by molar-refractivity contribution is 6.31. The molecule has 0 aliphatic heterocycles. The molecule has 1 aromatic heterocycles. The highest BCUT2D eigenvalue weighted by Gasteiger charge is 2.41. The maximum Gasteiger partial charge on any atom is 0.312 e. The van der Waals surface area contributed by atoms with Gasteiger partial charge in [-0.1, -0.05) is 35.0 Å². The van der Waals surface area contributed by atoms with Crippen molar-refractivity contribution in [1.29, 1.82) is 0 Å². The van der Waals surface area contributed by atoms with Gasteiger partial charge in [0.1, 0.15) is 5.52 Å². The van der Waals surface area contributed by atoms with Crippen molar-refractivity contribution < 1.29 is 14.6 Å². The number of esters is 1. The molecule has 2 aromatic carbocycles. The number of hydrogen-bond acceptors (Lipinski definition) is 5. The molecule has 0 saturated carbocycles. The lowest BCUT2D eigenvalue weighted by atomic mass is 9.70. The number of benzene rings is 2. The Balaban J connectivity index is 2.28. The lowest BCUT2D eigenvalue weighted by Gasteiger charge is -2.34. The standard InChI is InChI=1S/C21H24ClN3O3/c1-12-15(7-9-17-19(12)23-24-25(17)4)18(21(2,3)20(27)28-5)13-6-8-16(22)14(10-13)11-26/h6-10,18,26H,11H2,1-5H3/t18-/m0/s1. The predicted molar refractivity (Wildman–Crippen MR) is 108 cm³/mol. The number of rotatable bonds is 5. The Morgan fingerprint density at radius 1 is 1.32 bits per heavy atom. The maximum atomic E-state index is 12.7. The van der Waals surface area contributed by atoms with Crippen LogP contribution >= 0.6 is 11.6 Å². The molecule has 0 unspecified atom stereocenters. The minimum Gasteiger partial charge on any atom is -0.469 e. The molecule has 6 nitrogen and oxygen atoms in total. The third-order valence-electron chi connectivity index (χ3n) is 5.40. The van der Waals surface area contributed by atoms with E-state index in [2.05, 4.69) is 10.3 Å². The summed E-state index contributed by atoms with van der Waals surface area (Å²) in [5.74, 6) is -0.648. The molecule has 28 heavy (non-hydrogen) atoms. The van der Waals surface area contributed by atoms with E-state index in [1.165, 1.54) is 7.11 Å². The summed E-state index contributed by atoms with van der Waals surface area (Å²) >= 11 is 6.19. The molecule has 0 fully saturated rings. The summed E-state index contributed by atoms with van der Waals surface area (Å²) < 4.78 is 6.83. The van der Waals surface area contributed by atoms with Crippen LogP contribution in [-0.2, 0) is 23.2 Å². The van der Waals surface area contributed by atoms with E-state index in [9.17, 15) is 9.90 Å². The first-order valence-corrected chi connectivity index (χ1v) is 9.36. The summed E-state index contributed by atoms with van der Waals surface area (Å²) in [7, 11) is 3.23. The van der Waals surface area contributed by atoms with E-state index in [4.69, 9.17) is 16.3 Å². The molecule has 0 spiro atoms. The number of carbonyl (C=O) groups excluding carboxylic acids is 1. The molecule has 3 aromatic rings. The topological polar surface area (TPSA) is 77.2 Å². The molecule has 0 amide bonds. The number of hydrogen-bond donors (Lipinski definition) is 1. The number of carbonyl (C=O) groups is 1. The Morgan fingerprint density at radius 2 is 2.04 bits per heavy atom. The number of fused-ring (bicyclic) bond motifs is 1. The van der Waals surface area contributed by atoms with Gasteiger partial charge in [0.15, 0.2) is 0 Å². The molecule has 1 N–H and O–H groups in total. The first-order valence-electron chi connectivity index (χ1n) is 8.98. The number of aliphatic hydroxyl groups is 1. The fourth-order valence-electron chi connectivity index (χ4n) is 3.82. The quantitative estimate of drug-likeness (QED) is 0.659. The molecule has 1 heterocycles. The molecule has 0 saturated heterocycles. The summed E-state index contributed by atoms with van der Waals surface area (Å²) in [5, 5.41) is 18.5. The summed E-state index contributed by atoms with van der Waals surface area (Å²) in [6.07, 6.45) is 0. The number of ether oxygens (including phenoxy) is 1. The van der Waals surface area contributed by atoms with E-state index in [0.717, 1.165) is 27.7 Å². The average molecular weight is 402 g/mol. The summed E-state index contributed by atoms with van der Waals surface area (Å²) in [6, 6.07) is 9.44. The second-order valence-electron chi connectivity index (χ2n) is 7.52. The van der Waals surface area contributed by atoms with Crippen LogP contribution in [0.2, 0.25) is 5.02 Å². The van der Waals surface area contributed by atoms with Crippen molar-refractivity contribution in [3.8, 4) is 0 Å². The Kier molecular flexibility index (Phi) is 5.46. The normalized spacial score (nSPS) is 13.0. The number of halogens is 1. The van der Waals surface area contributed by atoms with Crippen LogP contribution in [0.3, 0.4) is 0 Å². The van der Waals surface area contributed by atoms with Crippen LogP contribution in [0.15, 0.2) is 30.3 Å². The zero-order valence-electron chi connectivity index (χ0n) is 16.7. The first-order chi connectivity index (χ1) is 13.2. The van der Waals surface area contributed by atoms with Gasteiger partial charge in [-0.15, -0.1) is 5.10 Å². The van der Waals surface area contributed by atoms with Crippen molar-refractivity contribution in [2.24, 2.45) is 12.5 Å². The lowest BCUT2D eigenvalue weighted by Crippen LogP contribution is -2.34. The second kappa shape index (κ2) is 7.53. The van der Waals surface area contributed by atoms with Crippen LogP contribution in [0, 0.1) is 12.3 Å². The zero-order valence-corrected chi connectivity index (χ0v) is 17.4. The molecule has 0 radical (unpaired) electrons. The van der Waals surface area contributed by atoms with E-state index in [1.807, 2.05) is 52.1 Å². The molecule has 0 bridgehead atoms. The number of methoxy groups -OCH3 is 1. The molecule has 3 rings (SSSR count). The molecule has 1 atom stereocenters. The van der Waals surface area contributed by atoms with Crippen molar-refractivity contribution in [3.63, 3.8) is 0 Å². The second-order valence-corrected chi connectivity index (χ2v) is 7.92. The van der Waals surface area contributed by atoms with Crippen LogP contribution in [-0.4, -0.2) is 33.2 Å². The van der Waals surface area contributed by atoms with Crippen LogP contribution in [0.4, 0.5) is 0 Å². The van der Waals surface area contributed by atoms with Gasteiger partial charge < -0.3 is 9.84 Å². The predicted octanol–water partition coefficient (Wildman–Crippen LogP) is 3.75. The SMILES string of the molecule is COC(=O)C(C)(C)[C@@H](c1ccc(Cl)c(CO)c1)c1ccc2c(nnn2C)c1C. The average Bonchev–Trinajstić information content (AvgIpc) is 3.05. The van der Waals surface area contributed by atoms with Gasteiger partial charge in [0, 0.05) is 18.0 Å². The number of aromatic nitrogens is 3. The van der Waals surface area contributed by atoms with E-state index in [1.54, 1.807) is 10.7 Å². The number of aryl methyl sites for hydroxylation is 2. The van der Waals surface area contributed by atoms with E-state index < -0.39 is 5.41 Å². The van der Waals surface area contributed by atoms with Crippen molar-refractivity contribution in [1.82, 2.24) is 15.0 Å². The van der Waals surface area contributed by atoms with Gasteiger partial charge in [0.05, 0.1) is 24.6 Å². The summed E-state index contributed by atoms with van der Waals surface area (Å²) in [5.41, 5.74) is 4.24. The maximum absolute atomic E-state index is 12.7. The van der Waals surface area contributed by atoms with E-state index in [0.29, 0.717) is 10.6 Å². The third kappa shape index (κ3) is 3.27.